The fraction of sp³-hybridized carbons (Fsp3) is 0.292. The van der Waals surface area contributed by atoms with Crippen LogP contribution in [-0.2, 0) is 9.53 Å². The van der Waals surface area contributed by atoms with E-state index in [0.717, 1.165) is 32.0 Å². The molecular weight excluding hydrogens is 384 g/mol. The molecule has 0 unspecified atom stereocenters. The van der Waals surface area contributed by atoms with Crippen molar-refractivity contribution in [1.82, 2.24) is 0 Å². The molecule has 2 aromatic rings. The maximum absolute atomic E-state index is 12.2. The van der Waals surface area contributed by atoms with Crippen molar-refractivity contribution in [2.45, 2.75) is 32.6 Å². The lowest BCUT2D eigenvalue weighted by atomic mass is 10.2. The summed E-state index contributed by atoms with van der Waals surface area (Å²) in [6.45, 7) is 6.14. The molecule has 0 heterocycles. The average molecular weight is 410 g/mol. The molecule has 0 aliphatic heterocycles. The molecule has 158 valence electrons. The number of benzene rings is 2. The number of ether oxygens (including phenoxy) is 3. The van der Waals surface area contributed by atoms with Gasteiger partial charge in [-0.2, -0.15) is 0 Å². The lowest BCUT2D eigenvalue weighted by Gasteiger charge is -2.08. The summed E-state index contributed by atoms with van der Waals surface area (Å²) in [4.78, 5) is 34.1. The second-order valence-corrected chi connectivity index (χ2v) is 6.78. The Morgan fingerprint density at radius 1 is 0.867 bits per heavy atom. The number of rotatable bonds is 12. The van der Waals surface area contributed by atoms with Gasteiger partial charge in [-0.25, -0.2) is 9.59 Å². The van der Waals surface area contributed by atoms with Crippen LogP contribution in [0.2, 0.25) is 0 Å². The van der Waals surface area contributed by atoms with Crippen molar-refractivity contribution in [3.63, 3.8) is 0 Å². The van der Waals surface area contributed by atoms with Crippen LogP contribution in [0.4, 0.5) is 0 Å². The molecule has 0 radical (unpaired) electrons. The normalized spacial score (nSPS) is 10.2. The standard InChI is InChI=1S/C24H26O6/c1-18(2)23(26)29-16-6-4-3-5-15-28-21-13-9-20(10-14-21)24(27)30-22-11-7-19(17-25)8-12-22/h7-14,17H,1,3-6,15-16H2,2H3. The van der Waals surface area contributed by atoms with E-state index >= 15 is 0 Å². The van der Waals surface area contributed by atoms with E-state index in [1.54, 1.807) is 55.5 Å². The van der Waals surface area contributed by atoms with E-state index < -0.39 is 5.97 Å². The van der Waals surface area contributed by atoms with Crippen LogP contribution < -0.4 is 9.47 Å². The number of esters is 2. The van der Waals surface area contributed by atoms with Crippen LogP contribution in [0.15, 0.2) is 60.7 Å². The van der Waals surface area contributed by atoms with Gasteiger partial charge in [-0.3, -0.25) is 4.79 Å². The summed E-state index contributed by atoms with van der Waals surface area (Å²) < 4.78 is 16.0. The zero-order valence-electron chi connectivity index (χ0n) is 17.1. The third kappa shape index (κ3) is 7.91. The number of hydrogen-bond donors (Lipinski definition) is 0. The Bertz CT molecular complexity index is 852. The Hall–Kier alpha value is -3.41. The highest BCUT2D eigenvalue weighted by Gasteiger charge is 2.09. The third-order valence-corrected chi connectivity index (χ3v) is 4.21. The van der Waals surface area contributed by atoms with Crippen molar-refractivity contribution in [3.8, 4) is 11.5 Å². The number of carbonyl (C=O) groups excluding carboxylic acids is 3. The number of unbranched alkanes of at least 4 members (excludes halogenated alkanes) is 3. The topological polar surface area (TPSA) is 78.9 Å². The van der Waals surface area contributed by atoms with E-state index in [-0.39, 0.29) is 5.97 Å². The highest BCUT2D eigenvalue weighted by atomic mass is 16.5. The van der Waals surface area contributed by atoms with Gasteiger partial charge in [0.25, 0.3) is 0 Å². The van der Waals surface area contributed by atoms with E-state index in [1.807, 2.05) is 0 Å². The largest absolute Gasteiger partial charge is 0.494 e. The van der Waals surface area contributed by atoms with Crippen molar-refractivity contribution >= 4 is 18.2 Å². The molecule has 0 aliphatic rings. The van der Waals surface area contributed by atoms with Gasteiger partial charge in [0.1, 0.15) is 17.8 Å². The molecule has 0 saturated heterocycles. The van der Waals surface area contributed by atoms with Crippen molar-refractivity contribution < 1.29 is 28.6 Å². The number of aldehydes is 1. The molecule has 0 amide bonds. The molecule has 0 atom stereocenters. The molecule has 0 aromatic heterocycles. The Morgan fingerprint density at radius 3 is 2.07 bits per heavy atom. The fourth-order valence-electron chi connectivity index (χ4n) is 2.50. The van der Waals surface area contributed by atoms with E-state index in [0.29, 0.717) is 41.4 Å². The zero-order valence-corrected chi connectivity index (χ0v) is 17.1. The van der Waals surface area contributed by atoms with Crippen LogP contribution in [0.1, 0.15) is 53.3 Å². The van der Waals surface area contributed by atoms with Gasteiger partial charge in [0, 0.05) is 11.1 Å². The quantitative estimate of drug-likeness (QED) is 0.165. The molecule has 2 rings (SSSR count). The third-order valence-electron chi connectivity index (χ3n) is 4.21. The van der Waals surface area contributed by atoms with Crippen LogP contribution >= 0.6 is 0 Å². The molecule has 0 spiro atoms. The molecule has 2 aromatic carbocycles. The Balaban J connectivity index is 1.64. The minimum atomic E-state index is -0.479. The first-order chi connectivity index (χ1) is 14.5. The molecule has 6 heteroatoms. The van der Waals surface area contributed by atoms with Crippen LogP contribution in [0.5, 0.6) is 11.5 Å². The summed E-state index contributed by atoms with van der Waals surface area (Å²) in [5, 5.41) is 0. The molecule has 0 saturated carbocycles. The van der Waals surface area contributed by atoms with Gasteiger partial charge in [-0.1, -0.05) is 6.58 Å². The first kappa shape index (κ1) is 22.9. The van der Waals surface area contributed by atoms with Gasteiger partial charge in [-0.05, 0) is 81.1 Å². The predicted molar refractivity (Wildman–Crippen MR) is 113 cm³/mol. The first-order valence-corrected chi connectivity index (χ1v) is 9.82. The minimum Gasteiger partial charge on any atom is -0.494 e. The lowest BCUT2D eigenvalue weighted by Crippen LogP contribution is -2.08. The molecule has 6 nitrogen and oxygen atoms in total. The maximum atomic E-state index is 12.2. The van der Waals surface area contributed by atoms with Crippen molar-refractivity contribution in [1.29, 1.82) is 0 Å². The summed E-state index contributed by atoms with van der Waals surface area (Å²) in [6.07, 6.45) is 4.35. The van der Waals surface area contributed by atoms with Gasteiger partial charge < -0.3 is 14.2 Å². The smallest absolute Gasteiger partial charge is 0.343 e. The van der Waals surface area contributed by atoms with Gasteiger partial charge in [0.2, 0.25) is 0 Å². The summed E-state index contributed by atoms with van der Waals surface area (Å²) in [7, 11) is 0. The zero-order chi connectivity index (χ0) is 21.8. The second kappa shape index (κ2) is 12.2. The minimum absolute atomic E-state index is 0.346. The maximum Gasteiger partial charge on any atom is 0.343 e. The Morgan fingerprint density at radius 2 is 1.47 bits per heavy atom. The van der Waals surface area contributed by atoms with E-state index in [2.05, 4.69) is 6.58 Å². The van der Waals surface area contributed by atoms with E-state index in [1.165, 1.54) is 0 Å². The van der Waals surface area contributed by atoms with Crippen LogP contribution in [-0.4, -0.2) is 31.4 Å². The van der Waals surface area contributed by atoms with E-state index in [4.69, 9.17) is 14.2 Å². The monoisotopic (exact) mass is 410 g/mol. The average Bonchev–Trinajstić information content (AvgIpc) is 2.76. The fourth-order valence-corrected chi connectivity index (χ4v) is 2.50. The first-order valence-electron chi connectivity index (χ1n) is 9.82. The Labute approximate surface area is 176 Å². The van der Waals surface area contributed by atoms with Gasteiger partial charge in [0.15, 0.2) is 0 Å². The summed E-state index contributed by atoms with van der Waals surface area (Å²) in [5.74, 6) is 0.229. The van der Waals surface area contributed by atoms with Gasteiger partial charge >= 0.3 is 11.9 Å². The Kier molecular flexibility index (Phi) is 9.31. The van der Waals surface area contributed by atoms with E-state index in [9.17, 15) is 14.4 Å². The molecule has 30 heavy (non-hydrogen) atoms. The number of carbonyl (C=O) groups is 3. The van der Waals surface area contributed by atoms with Crippen molar-refractivity contribution in [3.05, 3.63) is 71.8 Å². The van der Waals surface area contributed by atoms with Crippen LogP contribution in [0, 0.1) is 0 Å². The van der Waals surface area contributed by atoms with Crippen LogP contribution in [0.25, 0.3) is 0 Å². The van der Waals surface area contributed by atoms with Gasteiger partial charge in [-0.15, -0.1) is 0 Å². The number of hydrogen-bond acceptors (Lipinski definition) is 6. The second-order valence-electron chi connectivity index (χ2n) is 6.78. The lowest BCUT2D eigenvalue weighted by molar-refractivity contribution is -0.139. The highest BCUT2D eigenvalue weighted by Crippen LogP contribution is 2.17. The summed E-state index contributed by atoms with van der Waals surface area (Å²) in [5.41, 5.74) is 1.34. The predicted octanol–water partition coefficient (Wildman–Crippen LogP) is 4.78. The molecule has 0 aliphatic carbocycles. The molecule has 0 bridgehead atoms. The summed E-state index contributed by atoms with van der Waals surface area (Å²) >= 11 is 0. The van der Waals surface area contributed by atoms with Crippen molar-refractivity contribution in [2.24, 2.45) is 0 Å². The SMILES string of the molecule is C=C(C)C(=O)OCCCCCCOc1ccc(C(=O)Oc2ccc(C=O)cc2)cc1. The molecule has 0 fully saturated rings. The van der Waals surface area contributed by atoms with Crippen molar-refractivity contribution in [2.75, 3.05) is 13.2 Å². The molecule has 0 N–H and O–H groups in total. The van der Waals surface area contributed by atoms with Crippen LogP contribution in [0.3, 0.4) is 0 Å². The molecular formula is C24H26O6. The highest BCUT2D eigenvalue weighted by molar-refractivity contribution is 5.91. The van der Waals surface area contributed by atoms with Gasteiger partial charge in [0.05, 0.1) is 18.8 Å². The summed E-state index contributed by atoms with van der Waals surface area (Å²) in [6, 6.07) is 13.1.